The second kappa shape index (κ2) is 5.20. The van der Waals surface area contributed by atoms with Crippen LogP contribution in [-0.2, 0) is 4.79 Å². The Labute approximate surface area is 61.0 Å². The molecular weight excluding hydrogens is 130 g/mol. The molecule has 0 fully saturated rings. The van der Waals surface area contributed by atoms with Crippen molar-refractivity contribution in [2.24, 2.45) is 11.5 Å². The molecule has 1 atom stereocenters. The number of rotatable bonds is 5. The Balaban J connectivity index is 3.21. The SMILES string of the molecule is CCCNCC(N)C(N)=O. The maximum atomic E-state index is 10.4. The molecule has 0 aliphatic rings. The molecule has 0 bridgehead atoms. The fraction of sp³-hybridized carbons (Fsp3) is 0.833. The van der Waals surface area contributed by atoms with Crippen molar-refractivity contribution >= 4 is 5.91 Å². The summed E-state index contributed by atoms with van der Waals surface area (Å²) in [5.74, 6) is -0.455. The summed E-state index contributed by atoms with van der Waals surface area (Å²) in [7, 11) is 0. The molecule has 0 radical (unpaired) electrons. The molecule has 0 spiro atoms. The van der Waals surface area contributed by atoms with Crippen LogP contribution in [0.5, 0.6) is 0 Å². The Morgan fingerprint density at radius 2 is 2.30 bits per heavy atom. The smallest absolute Gasteiger partial charge is 0.235 e. The molecule has 0 rings (SSSR count). The highest BCUT2D eigenvalue weighted by Crippen LogP contribution is 1.74. The zero-order chi connectivity index (χ0) is 7.98. The van der Waals surface area contributed by atoms with Crippen LogP contribution in [0.1, 0.15) is 13.3 Å². The fourth-order valence-corrected chi connectivity index (χ4v) is 0.535. The van der Waals surface area contributed by atoms with Gasteiger partial charge in [0.05, 0.1) is 6.04 Å². The van der Waals surface area contributed by atoms with E-state index in [1.54, 1.807) is 0 Å². The molecular formula is C6H15N3O. The molecule has 0 saturated heterocycles. The Hall–Kier alpha value is -0.610. The first-order valence-corrected chi connectivity index (χ1v) is 3.44. The van der Waals surface area contributed by atoms with Crippen molar-refractivity contribution in [1.82, 2.24) is 5.32 Å². The van der Waals surface area contributed by atoms with E-state index in [1.807, 2.05) is 6.92 Å². The van der Waals surface area contributed by atoms with E-state index in [2.05, 4.69) is 5.32 Å². The first-order valence-electron chi connectivity index (χ1n) is 3.44. The molecule has 0 aromatic heterocycles. The minimum Gasteiger partial charge on any atom is -0.368 e. The van der Waals surface area contributed by atoms with Crippen molar-refractivity contribution in [1.29, 1.82) is 0 Å². The predicted molar refractivity (Wildman–Crippen MR) is 40.3 cm³/mol. The summed E-state index contributed by atoms with van der Waals surface area (Å²) in [5.41, 5.74) is 10.2. The Bertz CT molecular complexity index is 105. The van der Waals surface area contributed by atoms with Crippen molar-refractivity contribution in [2.45, 2.75) is 19.4 Å². The average molecular weight is 145 g/mol. The second-order valence-corrected chi connectivity index (χ2v) is 2.21. The zero-order valence-corrected chi connectivity index (χ0v) is 6.26. The van der Waals surface area contributed by atoms with Crippen LogP contribution in [0.4, 0.5) is 0 Å². The minimum absolute atomic E-state index is 0.455. The number of primary amides is 1. The van der Waals surface area contributed by atoms with Crippen LogP contribution in [0.3, 0.4) is 0 Å². The quantitative estimate of drug-likeness (QED) is 0.425. The van der Waals surface area contributed by atoms with E-state index >= 15 is 0 Å². The Kier molecular flexibility index (Phi) is 4.88. The van der Waals surface area contributed by atoms with E-state index in [-0.39, 0.29) is 0 Å². The molecule has 4 nitrogen and oxygen atoms in total. The molecule has 0 aliphatic carbocycles. The van der Waals surface area contributed by atoms with Crippen LogP contribution in [0.2, 0.25) is 0 Å². The van der Waals surface area contributed by atoms with E-state index in [0.29, 0.717) is 6.54 Å². The first kappa shape index (κ1) is 9.39. The molecule has 1 amide bonds. The van der Waals surface area contributed by atoms with E-state index in [1.165, 1.54) is 0 Å². The number of carbonyl (C=O) groups is 1. The number of hydrogen-bond donors (Lipinski definition) is 3. The molecule has 5 N–H and O–H groups in total. The summed E-state index contributed by atoms with van der Waals surface area (Å²) >= 11 is 0. The minimum atomic E-state index is -0.549. The van der Waals surface area contributed by atoms with E-state index in [4.69, 9.17) is 11.5 Å². The molecule has 0 saturated carbocycles. The first-order chi connectivity index (χ1) is 4.68. The van der Waals surface area contributed by atoms with Gasteiger partial charge in [-0.05, 0) is 13.0 Å². The number of nitrogens with two attached hydrogens (primary N) is 2. The van der Waals surface area contributed by atoms with Crippen molar-refractivity contribution in [3.05, 3.63) is 0 Å². The number of carbonyl (C=O) groups excluding carboxylic acids is 1. The van der Waals surface area contributed by atoms with E-state index in [9.17, 15) is 4.79 Å². The van der Waals surface area contributed by atoms with Gasteiger partial charge in [0, 0.05) is 6.54 Å². The van der Waals surface area contributed by atoms with Crippen LogP contribution in [0.25, 0.3) is 0 Å². The van der Waals surface area contributed by atoms with Crippen LogP contribution in [0.15, 0.2) is 0 Å². The normalized spacial score (nSPS) is 13.0. The number of amides is 1. The molecule has 0 heterocycles. The van der Waals surface area contributed by atoms with Gasteiger partial charge in [-0.2, -0.15) is 0 Å². The average Bonchev–Trinajstić information content (AvgIpc) is 1.88. The van der Waals surface area contributed by atoms with Crippen molar-refractivity contribution in [3.8, 4) is 0 Å². The summed E-state index contributed by atoms with van der Waals surface area (Å²) in [5, 5.41) is 2.99. The van der Waals surface area contributed by atoms with Gasteiger partial charge in [-0.3, -0.25) is 4.79 Å². The van der Waals surface area contributed by atoms with E-state index in [0.717, 1.165) is 13.0 Å². The number of nitrogens with one attached hydrogen (secondary N) is 1. The van der Waals surface area contributed by atoms with Gasteiger partial charge in [-0.25, -0.2) is 0 Å². The Morgan fingerprint density at radius 1 is 1.70 bits per heavy atom. The van der Waals surface area contributed by atoms with Crippen molar-refractivity contribution in [3.63, 3.8) is 0 Å². The molecule has 0 aromatic carbocycles. The van der Waals surface area contributed by atoms with Crippen molar-refractivity contribution < 1.29 is 4.79 Å². The lowest BCUT2D eigenvalue weighted by atomic mass is 10.3. The van der Waals surface area contributed by atoms with Gasteiger partial charge in [-0.1, -0.05) is 6.92 Å². The lowest BCUT2D eigenvalue weighted by Gasteiger charge is -2.06. The van der Waals surface area contributed by atoms with Crippen molar-refractivity contribution in [2.75, 3.05) is 13.1 Å². The largest absolute Gasteiger partial charge is 0.368 e. The second-order valence-electron chi connectivity index (χ2n) is 2.21. The standard InChI is InChI=1S/C6H15N3O/c1-2-3-9-4-5(7)6(8)10/h5,9H,2-4,7H2,1H3,(H2,8,10). The maximum absolute atomic E-state index is 10.4. The lowest BCUT2D eigenvalue weighted by Crippen LogP contribution is -2.44. The van der Waals surface area contributed by atoms with Gasteiger partial charge in [0.25, 0.3) is 0 Å². The van der Waals surface area contributed by atoms with Crippen LogP contribution in [-0.4, -0.2) is 25.0 Å². The van der Waals surface area contributed by atoms with Gasteiger partial charge in [0.2, 0.25) is 5.91 Å². The van der Waals surface area contributed by atoms with Gasteiger partial charge < -0.3 is 16.8 Å². The summed E-state index contributed by atoms with van der Waals surface area (Å²) in [4.78, 5) is 10.4. The third kappa shape index (κ3) is 4.29. The van der Waals surface area contributed by atoms with Crippen LogP contribution < -0.4 is 16.8 Å². The van der Waals surface area contributed by atoms with Gasteiger partial charge in [-0.15, -0.1) is 0 Å². The van der Waals surface area contributed by atoms with Gasteiger partial charge in [0.15, 0.2) is 0 Å². The molecule has 0 aliphatic heterocycles. The molecule has 4 heteroatoms. The topological polar surface area (TPSA) is 81.1 Å². The third-order valence-electron chi connectivity index (χ3n) is 1.16. The third-order valence-corrected chi connectivity index (χ3v) is 1.16. The predicted octanol–water partition coefficient (Wildman–Crippen LogP) is -1.20. The summed E-state index contributed by atoms with van der Waals surface area (Å²) in [6.07, 6.45) is 1.03. The molecule has 60 valence electrons. The lowest BCUT2D eigenvalue weighted by molar-refractivity contribution is -0.119. The fourth-order valence-electron chi connectivity index (χ4n) is 0.535. The van der Waals surface area contributed by atoms with Crippen LogP contribution >= 0.6 is 0 Å². The monoisotopic (exact) mass is 145 g/mol. The van der Waals surface area contributed by atoms with Crippen LogP contribution in [0, 0.1) is 0 Å². The van der Waals surface area contributed by atoms with Gasteiger partial charge >= 0.3 is 0 Å². The van der Waals surface area contributed by atoms with E-state index < -0.39 is 11.9 Å². The summed E-state index contributed by atoms with van der Waals surface area (Å²) in [6.45, 7) is 3.40. The highest BCUT2D eigenvalue weighted by Gasteiger charge is 2.06. The highest BCUT2D eigenvalue weighted by atomic mass is 16.1. The number of hydrogen-bond acceptors (Lipinski definition) is 3. The molecule has 1 unspecified atom stereocenters. The summed E-state index contributed by atoms with van der Waals surface area (Å²) < 4.78 is 0. The maximum Gasteiger partial charge on any atom is 0.235 e. The molecule has 0 aromatic rings. The highest BCUT2D eigenvalue weighted by molar-refractivity contribution is 5.79. The molecule has 10 heavy (non-hydrogen) atoms. The zero-order valence-electron chi connectivity index (χ0n) is 6.26. The van der Waals surface area contributed by atoms with Gasteiger partial charge in [0.1, 0.15) is 0 Å². The summed E-state index contributed by atoms with van der Waals surface area (Å²) in [6, 6.07) is -0.549. The Morgan fingerprint density at radius 3 is 2.70 bits per heavy atom.